The summed E-state index contributed by atoms with van der Waals surface area (Å²) in [6.07, 6.45) is 3.94. The van der Waals surface area contributed by atoms with Gasteiger partial charge in [0.05, 0.1) is 12.2 Å². The van der Waals surface area contributed by atoms with Gasteiger partial charge in [0.25, 0.3) is 9.05 Å². The van der Waals surface area contributed by atoms with Crippen LogP contribution >= 0.6 is 10.7 Å². The highest BCUT2D eigenvalue weighted by Crippen LogP contribution is 2.29. The average molecular weight is 339 g/mol. The van der Waals surface area contributed by atoms with Crippen molar-refractivity contribution in [1.82, 2.24) is 0 Å². The van der Waals surface area contributed by atoms with Gasteiger partial charge in [0, 0.05) is 10.7 Å². The molecule has 0 atom stereocenters. The highest BCUT2D eigenvalue weighted by atomic mass is 35.7. The lowest BCUT2D eigenvalue weighted by molar-refractivity contribution is 0.0457. The van der Waals surface area contributed by atoms with E-state index in [-0.39, 0.29) is 6.61 Å². The molecule has 21 heavy (non-hydrogen) atoms. The van der Waals surface area contributed by atoms with E-state index in [1.54, 1.807) is 0 Å². The van der Waals surface area contributed by atoms with E-state index in [1.807, 2.05) is 0 Å². The van der Waals surface area contributed by atoms with Gasteiger partial charge in [-0.2, -0.15) is 0 Å². The molecule has 0 bridgehead atoms. The number of rotatable bonds is 5. The Bertz CT molecular complexity index is 656. The molecular formula is C13H13ClF2O4S. The van der Waals surface area contributed by atoms with Crippen molar-refractivity contribution in [2.45, 2.75) is 30.6 Å². The third kappa shape index (κ3) is 3.91. The number of carbonyl (C=O) groups is 1. The summed E-state index contributed by atoms with van der Waals surface area (Å²) in [4.78, 5) is 10.6. The van der Waals surface area contributed by atoms with Crippen molar-refractivity contribution in [3.05, 3.63) is 29.3 Å². The van der Waals surface area contributed by atoms with Crippen LogP contribution in [0.15, 0.2) is 17.0 Å². The first kappa shape index (κ1) is 16.2. The normalized spacial score (nSPS) is 15.6. The molecule has 1 saturated carbocycles. The second-order valence-corrected chi connectivity index (χ2v) is 7.46. The van der Waals surface area contributed by atoms with E-state index < -0.39 is 37.1 Å². The van der Waals surface area contributed by atoms with Crippen molar-refractivity contribution < 1.29 is 26.7 Å². The van der Waals surface area contributed by atoms with Crippen molar-refractivity contribution in [2.75, 3.05) is 6.61 Å². The van der Waals surface area contributed by atoms with E-state index in [2.05, 4.69) is 0 Å². The van der Waals surface area contributed by atoms with Crippen LogP contribution in [0.1, 0.15) is 36.0 Å². The van der Waals surface area contributed by atoms with Crippen LogP contribution < -0.4 is 0 Å². The Morgan fingerprint density at radius 3 is 2.52 bits per heavy atom. The lowest BCUT2D eigenvalue weighted by Gasteiger charge is -2.24. The van der Waals surface area contributed by atoms with E-state index in [9.17, 15) is 22.0 Å². The van der Waals surface area contributed by atoms with Crippen molar-refractivity contribution in [1.29, 1.82) is 0 Å². The van der Waals surface area contributed by atoms with Crippen LogP contribution in [-0.2, 0) is 13.8 Å². The van der Waals surface area contributed by atoms with Gasteiger partial charge in [-0.15, -0.1) is 0 Å². The molecule has 2 rings (SSSR count). The SMILES string of the molecule is O=C(OCCC1CCC1)c1cc(F)cc(S(=O)(=O)Cl)c1F. The molecule has 0 aromatic heterocycles. The Balaban J connectivity index is 2.14. The lowest BCUT2D eigenvalue weighted by atomic mass is 9.83. The van der Waals surface area contributed by atoms with Gasteiger partial charge in [-0.3, -0.25) is 0 Å². The van der Waals surface area contributed by atoms with E-state index in [1.165, 1.54) is 0 Å². The third-order valence-electron chi connectivity index (χ3n) is 3.47. The van der Waals surface area contributed by atoms with Gasteiger partial charge in [0.1, 0.15) is 10.7 Å². The molecule has 0 heterocycles. The smallest absolute Gasteiger partial charge is 0.341 e. The zero-order chi connectivity index (χ0) is 15.6. The number of ether oxygens (including phenoxy) is 1. The highest BCUT2D eigenvalue weighted by Gasteiger charge is 2.25. The average Bonchev–Trinajstić information content (AvgIpc) is 2.33. The molecule has 0 spiro atoms. The molecule has 1 aliphatic rings. The van der Waals surface area contributed by atoms with Gasteiger partial charge >= 0.3 is 5.97 Å². The Hall–Kier alpha value is -1.21. The van der Waals surface area contributed by atoms with Crippen LogP contribution in [0.25, 0.3) is 0 Å². The second-order valence-electron chi connectivity index (χ2n) is 4.92. The summed E-state index contributed by atoms with van der Waals surface area (Å²) in [5.41, 5.74) is -0.775. The number of carbonyl (C=O) groups excluding carboxylic acids is 1. The summed E-state index contributed by atoms with van der Waals surface area (Å²) >= 11 is 0. The predicted octanol–water partition coefficient (Wildman–Crippen LogP) is 3.24. The van der Waals surface area contributed by atoms with Crippen molar-refractivity contribution in [3.63, 3.8) is 0 Å². The predicted molar refractivity (Wildman–Crippen MR) is 71.6 cm³/mol. The Morgan fingerprint density at radius 1 is 1.33 bits per heavy atom. The van der Waals surface area contributed by atoms with Crippen LogP contribution in [0.4, 0.5) is 8.78 Å². The van der Waals surface area contributed by atoms with Crippen LogP contribution in [0.3, 0.4) is 0 Å². The molecule has 8 heteroatoms. The molecule has 4 nitrogen and oxygen atoms in total. The standard InChI is InChI=1S/C13H13ClF2O4S/c14-21(18,19)11-7-9(15)6-10(12(11)16)13(17)20-5-4-8-2-1-3-8/h6-8H,1-5H2. The number of halogens is 3. The second kappa shape index (κ2) is 6.27. The zero-order valence-electron chi connectivity index (χ0n) is 10.9. The van der Waals surface area contributed by atoms with Crippen LogP contribution in [0.5, 0.6) is 0 Å². The summed E-state index contributed by atoms with van der Waals surface area (Å²) in [5, 5.41) is 0. The quantitative estimate of drug-likeness (QED) is 0.611. The summed E-state index contributed by atoms with van der Waals surface area (Å²) in [7, 11) is 0.507. The molecule has 0 N–H and O–H groups in total. The van der Waals surface area contributed by atoms with Crippen LogP contribution in [0.2, 0.25) is 0 Å². The number of hydrogen-bond donors (Lipinski definition) is 0. The molecule has 0 unspecified atom stereocenters. The Labute approximate surface area is 125 Å². The molecule has 0 radical (unpaired) electrons. The maximum absolute atomic E-state index is 13.9. The van der Waals surface area contributed by atoms with Gasteiger partial charge in [-0.05, 0) is 24.5 Å². The first-order valence-corrected chi connectivity index (χ1v) is 8.71. The fourth-order valence-electron chi connectivity index (χ4n) is 2.07. The van der Waals surface area contributed by atoms with Gasteiger partial charge in [0.15, 0.2) is 5.82 Å². The largest absolute Gasteiger partial charge is 0.462 e. The van der Waals surface area contributed by atoms with Crippen LogP contribution in [0, 0.1) is 17.6 Å². The summed E-state index contributed by atoms with van der Waals surface area (Å²) in [6, 6.07) is 1.01. The molecule has 1 aromatic carbocycles. The van der Waals surface area contributed by atoms with E-state index in [0.29, 0.717) is 24.5 Å². The highest BCUT2D eigenvalue weighted by molar-refractivity contribution is 8.13. The maximum atomic E-state index is 13.9. The van der Waals surface area contributed by atoms with E-state index in [4.69, 9.17) is 15.4 Å². The van der Waals surface area contributed by atoms with Crippen molar-refractivity contribution in [3.8, 4) is 0 Å². The number of benzene rings is 1. The molecule has 0 aliphatic heterocycles. The monoisotopic (exact) mass is 338 g/mol. The van der Waals surface area contributed by atoms with Gasteiger partial charge in [-0.1, -0.05) is 19.3 Å². The van der Waals surface area contributed by atoms with Crippen molar-refractivity contribution >= 4 is 25.7 Å². The van der Waals surface area contributed by atoms with Gasteiger partial charge in [-0.25, -0.2) is 22.0 Å². The zero-order valence-corrected chi connectivity index (χ0v) is 12.5. The molecule has 1 aromatic rings. The summed E-state index contributed by atoms with van der Waals surface area (Å²) in [5.74, 6) is -3.09. The first-order valence-electron chi connectivity index (χ1n) is 6.40. The maximum Gasteiger partial charge on any atom is 0.341 e. The van der Waals surface area contributed by atoms with Crippen LogP contribution in [-0.4, -0.2) is 21.0 Å². The minimum absolute atomic E-state index is 0.0857. The number of hydrogen-bond acceptors (Lipinski definition) is 4. The molecule has 0 amide bonds. The molecular weight excluding hydrogens is 326 g/mol. The van der Waals surface area contributed by atoms with Crippen molar-refractivity contribution in [2.24, 2.45) is 5.92 Å². The van der Waals surface area contributed by atoms with E-state index in [0.717, 1.165) is 19.3 Å². The van der Waals surface area contributed by atoms with E-state index >= 15 is 0 Å². The first-order chi connectivity index (χ1) is 9.79. The third-order valence-corrected chi connectivity index (χ3v) is 4.79. The molecule has 1 aliphatic carbocycles. The topological polar surface area (TPSA) is 60.4 Å². The van der Waals surface area contributed by atoms with Gasteiger partial charge in [0.2, 0.25) is 0 Å². The fraction of sp³-hybridized carbons (Fsp3) is 0.462. The molecule has 0 saturated heterocycles. The Kier molecular flexibility index (Phi) is 4.83. The van der Waals surface area contributed by atoms with Gasteiger partial charge < -0.3 is 4.74 Å². The minimum Gasteiger partial charge on any atom is -0.462 e. The fourth-order valence-corrected chi connectivity index (χ4v) is 2.98. The summed E-state index contributed by atoms with van der Waals surface area (Å²) < 4.78 is 54.4. The number of esters is 1. The molecule has 1 fully saturated rings. The minimum atomic E-state index is -4.49. The summed E-state index contributed by atoms with van der Waals surface area (Å²) in [6.45, 7) is 0.0857. The molecule has 116 valence electrons. The Morgan fingerprint density at radius 2 is 2.00 bits per heavy atom. The lowest BCUT2D eigenvalue weighted by Crippen LogP contribution is -2.16.